The van der Waals surface area contributed by atoms with E-state index in [1.165, 1.54) is 76.5 Å². The molecule has 0 bridgehead atoms. The maximum absolute atomic E-state index is 6.39. The van der Waals surface area contributed by atoms with Gasteiger partial charge in [-0.25, -0.2) is 0 Å². The summed E-state index contributed by atoms with van der Waals surface area (Å²) >= 11 is 0. The molecule has 0 radical (unpaired) electrons. The van der Waals surface area contributed by atoms with Crippen LogP contribution in [0.25, 0.3) is 87.6 Å². The fourth-order valence-corrected chi connectivity index (χ4v) is 6.60. The van der Waals surface area contributed by atoms with E-state index < -0.39 is 0 Å². The topological polar surface area (TPSA) is 13.1 Å². The molecule has 0 N–H and O–H groups in total. The van der Waals surface area contributed by atoms with Gasteiger partial charge in [0.1, 0.15) is 11.2 Å². The summed E-state index contributed by atoms with van der Waals surface area (Å²) in [6, 6.07) is 48.2. The highest BCUT2D eigenvalue weighted by molar-refractivity contribution is 6.40. The lowest BCUT2D eigenvalue weighted by Gasteiger charge is -2.15. The van der Waals surface area contributed by atoms with Crippen LogP contribution in [0.1, 0.15) is 0 Å². The Labute approximate surface area is 225 Å². The van der Waals surface area contributed by atoms with Crippen LogP contribution in [0.5, 0.6) is 0 Å². The zero-order valence-corrected chi connectivity index (χ0v) is 21.1. The predicted molar refractivity (Wildman–Crippen MR) is 165 cm³/mol. The maximum Gasteiger partial charge on any atom is 0.136 e. The van der Waals surface area contributed by atoms with E-state index in [2.05, 4.69) is 133 Å². The Balaban J connectivity index is 1.23. The van der Waals surface area contributed by atoms with E-state index in [0.29, 0.717) is 0 Å². The lowest BCUT2D eigenvalue weighted by Crippen LogP contribution is -1.89. The lowest BCUT2D eigenvalue weighted by atomic mass is 9.86. The predicted octanol–water partition coefficient (Wildman–Crippen LogP) is 10.9. The van der Waals surface area contributed by atoms with Crippen LogP contribution in [0, 0.1) is 0 Å². The normalized spacial score (nSPS) is 12.1. The molecule has 1 heteroatoms. The van der Waals surface area contributed by atoms with Crippen molar-refractivity contribution in [3.63, 3.8) is 0 Å². The van der Waals surface area contributed by atoms with Gasteiger partial charge in [-0.05, 0) is 67.1 Å². The first-order valence-corrected chi connectivity index (χ1v) is 13.4. The summed E-state index contributed by atoms with van der Waals surface area (Å²) in [4.78, 5) is 0. The molecule has 9 aromatic rings. The van der Waals surface area contributed by atoms with Crippen LogP contribution in [0.2, 0.25) is 0 Å². The molecule has 0 aliphatic heterocycles. The average molecular weight is 495 g/mol. The van der Waals surface area contributed by atoms with Crippen LogP contribution in [0.15, 0.2) is 138 Å². The highest BCUT2D eigenvalue weighted by Gasteiger charge is 2.22. The summed E-state index contributed by atoms with van der Waals surface area (Å²) in [5.74, 6) is 0. The average Bonchev–Trinajstić information content (AvgIpc) is 3.40. The summed E-state index contributed by atoms with van der Waals surface area (Å²) in [5.41, 5.74) is 9.30. The van der Waals surface area contributed by atoms with Gasteiger partial charge in [0.05, 0.1) is 0 Å². The Morgan fingerprint density at radius 1 is 0.308 bits per heavy atom. The highest BCUT2D eigenvalue weighted by Crippen LogP contribution is 2.48. The summed E-state index contributed by atoms with van der Waals surface area (Å²) in [6.07, 6.45) is 0. The molecule has 8 aromatic carbocycles. The number of furan rings is 1. The van der Waals surface area contributed by atoms with Crippen LogP contribution in [0.4, 0.5) is 0 Å². The summed E-state index contributed by atoms with van der Waals surface area (Å²) in [7, 11) is 0. The van der Waals surface area contributed by atoms with Gasteiger partial charge in [0.2, 0.25) is 0 Å². The zero-order chi connectivity index (χ0) is 25.5. The molecular formula is C38H22O. The third-order valence-electron chi connectivity index (χ3n) is 8.42. The summed E-state index contributed by atoms with van der Waals surface area (Å²) in [6.45, 7) is 0. The number of fused-ring (bicyclic) bond motifs is 1. The molecule has 0 atom stereocenters. The van der Waals surface area contributed by atoms with Gasteiger partial charge in [-0.2, -0.15) is 0 Å². The second-order valence-electron chi connectivity index (χ2n) is 10.5. The monoisotopic (exact) mass is 494 g/mol. The smallest absolute Gasteiger partial charge is 0.136 e. The fourth-order valence-electron chi connectivity index (χ4n) is 6.60. The molecule has 1 nitrogen and oxygen atoms in total. The Hall–Kier alpha value is -5.14. The van der Waals surface area contributed by atoms with E-state index in [0.717, 1.165) is 11.2 Å². The molecule has 0 amide bonds. The molecule has 0 aliphatic carbocycles. The van der Waals surface area contributed by atoms with E-state index in [4.69, 9.17) is 4.42 Å². The molecule has 0 saturated carbocycles. The van der Waals surface area contributed by atoms with Crippen LogP contribution in [-0.2, 0) is 0 Å². The standard InChI is InChI=1S/C38H22O/c1-2-5-23(6-3-1)24-9-11-25(12-10-24)26-13-15-27(16-14-26)30-20-22-33-38-36(30)31-8-4-7-28-17-18-29-19-21-32(39-33)37(38)35(29)34(28)31/h1-22H. The van der Waals surface area contributed by atoms with Crippen molar-refractivity contribution >= 4 is 54.3 Å². The van der Waals surface area contributed by atoms with Gasteiger partial charge in [-0.1, -0.05) is 121 Å². The van der Waals surface area contributed by atoms with Crippen molar-refractivity contribution in [1.82, 2.24) is 0 Å². The van der Waals surface area contributed by atoms with E-state index in [1.807, 2.05) is 0 Å². The fraction of sp³-hybridized carbons (Fsp3) is 0. The second-order valence-corrected chi connectivity index (χ2v) is 10.5. The van der Waals surface area contributed by atoms with Crippen LogP contribution in [-0.4, -0.2) is 0 Å². The van der Waals surface area contributed by atoms with Crippen molar-refractivity contribution in [3.8, 4) is 33.4 Å². The molecule has 39 heavy (non-hydrogen) atoms. The SMILES string of the molecule is c1ccc(-c2ccc(-c3ccc(-c4ccc5oc6ccc7ccc8cccc9c4c5c6c7c89)cc3)cc2)cc1. The van der Waals surface area contributed by atoms with Gasteiger partial charge in [0, 0.05) is 21.5 Å². The van der Waals surface area contributed by atoms with E-state index >= 15 is 0 Å². The minimum Gasteiger partial charge on any atom is -0.456 e. The first kappa shape index (κ1) is 20.9. The van der Waals surface area contributed by atoms with Crippen molar-refractivity contribution < 1.29 is 4.42 Å². The van der Waals surface area contributed by atoms with E-state index in [1.54, 1.807) is 0 Å². The minimum atomic E-state index is 0.956. The van der Waals surface area contributed by atoms with Gasteiger partial charge in [-0.3, -0.25) is 0 Å². The van der Waals surface area contributed by atoms with Crippen molar-refractivity contribution in [2.75, 3.05) is 0 Å². The van der Waals surface area contributed by atoms with Gasteiger partial charge in [0.15, 0.2) is 0 Å². The van der Waals surface area contributed by atoms with Crippen LogP contribution in [0.3, 0.4) is 0 Å². The third-order valence-corrected chi connectivity index (χ3v) is 8.42. The molecule has 180 valence electrons. The third kappa shape index (κ3) is 2.90. The van der Waals surface area contributed by atoms with E-state index in [9.17, 15) is 0 Å². The number of benzene rings is 8. The zero-order valence-electron chi connectivity index (χ0n) is 21.1. The first-order chi connectivity index (χ1) is 19.3. The molecule has 0 saturated heterocycles. The molecular weight excluding hydrogens is 472 g/mol. The van der Waals surface area contributed by atoms with Gasteiger partial charge in [-0.15, -0.1) is 0 Å². The van der Waals surface area contributed by atoms with Crippen molar-refractivity contribution in [2.24, 2.45) is 0 Å². The lowest BCUT2D eigenvalue weighted by molar-refractivity contribution is 0.669. The Kier molecular flexibility index (Phi) is 4.11. The molecule has 1 aromatic heterocycles. The molecule has 0 unspecified atom stereocenters. The Morgan fingerprint density at radius 3 is 1.54 bits per heavy atom. The Morgan fingerprint density at radius 2 is 0.846 bits per heavy atom. The minimum absolute atomic E-state index is 0.956. The Bertz CT molecular complexity index is 2280. The molecule has 0 fully saturated rings. The quantitative estimate of drug-likeness (QED) is 0.176. The largest absolute Gasteiger partial charge is 0.456 e. The molecule has 1 heterocycles. The van der Waals surface area contributed by atoms with Crippen LogP contribution >= 0.6 is 0 Å². The number of rotatable bonds is 3. The van der Waals surface area contributed by atoms with Gasteiger partial charge >= 0.3 is 0 Å². The maximum atomic E-state index is 6.39. The first-order valence-electron chi connectivity index (χ1n) is 13.4. The van der Waals surface area contributed by atoms with Crippen molar-refractivity contribution in [2.45, 2.75) is 0 Å². The van der Waals surface area contributed by atoms with Gasteiger partial charge < -0.3 is 4.42 Å². The number of hydrogen-bond acceptors (Lipinski definition) is 1. The van der Waals surface area contributed by atoms with E-state index in [-0.39, 0.29) is 0 Å². The molecule has 9 rings (SSSR count). The van der Waals surface area contributed by atoms with Crippen molar-refractivity contribution in [1.29, 1.82) is 0 Å². The number of hydrogen-bond donors (Lipinski definition) is 0. The highest BCUT2D eigenvalue weighted by atomic mass is 16.3. The second kappa shape index (κ2) is 7.69. The summed E-state index contributed by atoms with van der Waals surface area (Å²) in [5, 5.41) is 10.2. The molecule has 0 spiro atoms. The van der Waals surface area contributed by atoms with Crippen molar-refractivity contribution in [3.05, 3.63) is 133 Å². The van der Waals surface area contributed by atoms with Gasteiger partial charge in [0.25, 0.3) is 0 Å². The summed E-state index contributed by atoms with van der Waals surface area (Å²) < 4.78 is 6.39. The van der Waals surface area contributed by atoms with Crippen LogP contribution < -0.4 is 0 Å². The molecule has 0 aliphatic rings.